The van der Waals surface area contributed by atoms with Crippen molar-refractivity contribution in [1.82, 2.24) is 4.98 Å². The maximum atomic E-state index is 7.52. The molecular formula is C15H23N3O. The van der Waals surface area contributed by atoms with Crippen LogP contribution in [-0.4, -0.2) is 16.9 Å². The molecule has 0 amide bonds. The highest BCUT2D eigenvalue weighted by atomic mass is 16.5. The Morgan fingerprint density at radius 2 is 2.21 bits per heavy atom. The summed E-state index contributed by atoms with van der Waals surface area (Å²) in [5.74, 6) is 1.52. The fraction of sp³-hybridized carbons (Fsp3) is 0.600. The Morgan fingerprint density at radius 1 is 1.42 bits per heavy atom. The van der Waals surface area contributed by atoms with E-state index in [1.807, 2.05) is 12.1 Å². The second-order valence-corrected chi connectivity index (χ2v) is 5.63. The zero-order valence-electron chi connectivity index (χ0n) is 11.7. The molecule has 1 aliphatic carbocycles. The van der Waals surface area contributed by atoms with E-state index in [0.29, 0.717) is 18.4 Å². The van der Waals surface area contributed by atoms with Gasteiger partial charge in [0.25, 0.3) is 0 Å². The zero-order chi connectivity index (χ0) is 13.8. The van der Waals surface area contributed by atoms with Crippen LogP contribution < -0.4 is 5.73 Å². The van der Waals surface area contributed by atoms with E-state index in [-0.39, 0.29) is 5.84 Å². The molecule has 2 rings (SSSR count). The molecule has 3 atom stereocenters. The first-order chi connectivity index (χ1) is 9.08. The highest BCUT2D eigenvalue weighted by Gasteiger charge is 2.25. The van der Waals surface area contributed by atoms with Crippen LogP contribution in [-0.2, 0) is 11.3 Å². The number of nitrogens with two attached hydrogens (primary N) is 1. The topological polar surface area (TPSA) is 72.0 Å². The maximum Gasteiger partial charge on any atom is 0.142 e. The molecule has 1 heterocycles. The maximum absolute atomic E-state index is 7.52. The van der Waals surface area contributed by atoms with Gasteiger partial charge in [-0.1, -0.05) is 19.9 Å². The minimum Gasteiger partial charge on any atom is -0.382 e. The van der Waals surface area contributed by atoms with E-state index < -0.39 is 0 Å². The Labute approximate surface area is 114 Å². The second-order valence-electron chi connectivity index (χ2n) is 5.63. The van der Waals surface area contributed by atoms with Gasteiger partial charge in [-0.2, -0.15) is 0 Å². The molecule has 0 aromatic carbocycles. The number of pyridine rings is 1. The highest BCUT2D eigenvalue weighted by Crippen LogP contribution is 2.31. The minimum atomic E-state index is 0.00448. The number of hydrogen-bond acceptors (Lipinski definition) is 3. The number of aromatic nitrogens is 1. The van der Waals surface area contributed by atoms with Crippen LogP contribution in [0.4, 0.5) is 0 Å². The molecule has 1 saturated carbocycles. The van der Waals surface area contributed by atoms with Gasteiger partial charge in [0.15, 0.2) is 0 Å². The number of amidine groups is 1. The van der Waals surface area contributed by atoms with E-state index in [9.17, 15) is 0 Å². The Balaban J connectivity index is 1.94. The van der Waals surface area contributed by atoms with E-state index in [1.54, 1.807) is 6.20 Å². The molecule has 0 bridgehead atoms. The van der Waals surface area contributed by atoms with Gasteiger partial charge < -0.3 is 10.5 Å². The fourth-order valence-corrected chi connectivity index (χ4v) is 2.65. The summed E-state index contributed by atoms with van der Waals surface area (Å²) in [5.41, 5.74) is 6.97. The van der Waals surface area contributed by atoms with Crippen molar-refractivity contribution < 1.29 is 4.74 Å². The number of ether oxygens (including phenoxy) is 1. The molecule has 1 aliphatic rings. The molecule has 1 aromatic rings. The smallest absolute Gasteiger partial charge is 0.142 e. The number of rotatable bonds is 4. The molecule has 1 aromatic heterocycles. The fourth-order valence-electron chi connectivity index (χ4n) is 2.65. The van der Waals surface area contributed by atoms with Crippen LogP contribution in [0.3, 0.4) is 0 Å². The molecule has 19 heavy (non-hydrogen) atoms. The van der Waals surface area contributed by atoms with Crippen LogP contribution >= 0.6 is 0 Å². The lowest BCUT2D eigenvalue weighted by Gasteiger charge is -2.32. The van der Waals surface area contributed by atoms with Gasteiger partial charge in [0, 0.05) is 11.8 Å². The number of nitrogens with zero attached hydrogens (tertiary/aromatic N) is 1. The minimum absolute atomic E-state index is 0.00448. The van der Waals surface area contributed by atoms with E-state index in [4.69, 9.17) is 15.9 Å². The largest absolute Gasteiger partial charge is 0.382 e. The van der Waals surface area contributed by atoms with Crippen LogP contribution in [0.1, 0.15) is 44.4 Å². The average Bonchev–Trinajstić information content (AvgIpc) is 2.40. The predicted octanol–water partition coefficient (Wildman–Crippen LogP) is 2.71. The standard InChI is InChI=1S/C15H23N3O/c1-10-5-6-13(8-11(10)2)19-9-12-4-3-7-18-14(12)15(16)17/h3-4,7,10-11,13H,5-6,8-9H2,1-2H3,(H3,16,17). The third kappa shape index (κ3) is 3.53. The zero-order valence-corrected chi connectivity index (χ0v) is 11.7. The molecule has 104 valence electrons. The van der Waals surface area contributed by atoms with Crippen molar-refractivity contribution in [2.24, 2.45) is 17.6 Å². The van der Waals surface area contributed by atoms with Crippen molar-refractivity contribution in [3.8, 4) is 0 Å². The van der Waals surface area contributed by atoms with Crippen molar-refractivity contribution >= 4 is 5.84 Å². The summed E-state index contributed by atoms with van der Waals surface area (Å²) in [7, 11) is 0. The molecule has 1 fully saturated rings. The lowest BCUT2D eigenvalue weighted by molar-refractivity contribution is -0.00760. The van der Waals surface area contributed by atoms with Gasteiger partial charge in [-0.3, -0.25) is 10.4 Å². The number of nitrogens with one attached hydrogen (secondary N) is 1. The molecule has 0 saturated heterocycles. The van der Waals surface area contributed by atoms with Gasteiger partial charge >= 0.3 is 0 Å². The van der Waals surface area contributed by atoms with E-state index in [0.717, 1.165) is 30.2 Å². The van der Waals surface area contributed by atoms with Crippen LogP contribution in [0.15, 0.2) is 18.3 Å². The second kappa shape index (κ2) is 6.15. The third-order valence-corrected chi connectivity index (χ3v) is 4.17. The predicted molar refractivity (Wildman–Crippen MR) is 76.0 cm³/mol. The van der Waals surface area contributed by atoms with Crippen molar-refractivity contribution in [2.45, 2.75) is 45.8 Å². The van der Waals surface area contributed by atoms with Crippen LogP contribution in [0.25, 0.3) is 0 Å². The summed E-state index contributed by atoms with van der Waals surface area (Å²) in [6.07, 6.45) is 5.47. The first-order valence-corrected chi connectivity index (χ1v) is 6.97. The highest BCUT2D eigenvalue weighted by molar-refractivity contribution is 5.94. The van der Waals surface area contributed by atoms with E-state index in [1.165, 1.54) is 6.42 Å². The number of nitrogen functional groups attached to an aromatic ring is 1. The Kier molecular flexibility index (Phi) is 4.53. The van der Waals surface area contributed by atoms with Gasteiger partial charge in [-0.15, -0.1) is 0 Å². The Hall–Kier alpha value is -1.42. The average molecular weight is 261 g/mol. The Bertz CT molecular complexity index is 447. The van der Waals surface area contributed by atoms with E-state index >= 15 is 0 Å². The summed E-state index contributed by atoms with van der Waals surface area (Å²) in [6, 6.07) is 3.79. The Morgan fingerprint density at radius 3 is 2.89 bits per heavy atom. The lowest BCUT2D eigenvalue weighted by atomic mass is 9.80. The molecule has 0 spiro atoms. The van der Waals surface area contributed by atoms with Crippen molar-refractivity contribution in [2.75, 3.05) is 0 Å². The van der Waals surface area contributed by atoms with E-state index in [2.05, 4.69) is 18.8 Å². The third-order valence-electron chi connectivity index (χ3n) is 4.17. The van der Waals surface area contributed by atoms with Gasteiger partial charge in [-0.25, -0.2) is 0 Å². The molecule has 0 aliphatic heterocycles. The molecule has 4 nitrogen and oxygen atoms in total. The quantitative estimate of drug-likeness (QED) is 0.646. The molecule has 3 unspecified atom stereocenters. The molecule has 0 radical (unpaired) electrons. The first-order valence-electron chi connectivity index (χ1n) is 6.97. The van der Waals surface area contributed by atoms with Crippen LogP contribution in [0.5, 0.6) is 0 Å². The van der Waals surface area contributed by atoms with Crippen molar-refractivity contribution in [3.05, 3.63) is 29.6 Å². The van der Waals surface area contributed by atoms with Gasteiger partial charge in [0.1, 0.15) is 11.5 Å². The summed E-state index contributed by atoms with van der Waals surface area (Å²) in [5, 5.41) is 7.52. The van der Waals surface area contributed by atoms with Crippen molar-refractivity contribution in [3.63, 3.8) is 0 Å². The first kappa shape index (κ1) is 14.0. The molecule has 4 heteroatoms. The lowest BCUT2D eigenvalue weighted by Crippen LogP contribution is -2.27. The molecular weight excluding hydrogens is 238 g/mol. The van der Waals surface area contributed by atoms with Gasteiger partial charge in [0.2, 0.25) is 0 Å². The summed E-state index contributed by atoms with van der Waals surface area (Å²) < 4.78 is 5.99. The molecule has 3 N–H and O–H groups in total. The normalized spacial score (nSPS) is 27.2. The summed E-state index contributed by atoms with van der Waals surface area (Å²) in [6.45, 7) is 5.11. The monoisotopic (exact) mass is 261 g/mol. The van der Waals surface area contributed by atoms with Crippen LogP contribution in [0.2, 0.25) is 0 Å². The van der Waals surface area contributed by atoms with Crippen LogP contribution in [0, 0.1) is 17.2 Å². The SMILES string of the molecule is CC1CCC(OCc2cccnc2C(=N)N)CC1C. The van der Waals surface area contributed by atoms with Gasteiger partial charge in [0.05, 0.1) is 12.7 Å². The summed E-state index contributed by atoms with van der Waals surface area (Å²) in [4.78, 5) is 4.14. The summed E-state index contributed by atoms with van der Waals surface area (Å²) >= 11 is 0. The van der Waals surface area contributed by atoms with Crippen molar-refractivity contribution in [1.29, 1.82) is 5.41 Å². The van der Waals surface area contributed by atoms with Gasteiger partial charge in [-0.05, 0) is 37.2 Å². The number of hydrogen-bond donors (Lipinski definition) is 2.